The minimum absolute atomic E-state index is 0.00444. The first-order chi connectivity index (χ1) is 10.1. The Morgan fingerprint density at radius 1 is 1.14 bits per heavy atom. The molecular formula is C16H16N2O3. The predicted molar refractivity (Wildman–Crippen MR) is 80.8 cm³/mol. The van der Waals surface area contributed by atoms with Crippen molar-refractivity contribution in [2.45, 2.75) is 6.92 Å². The Hall–Kier alpha value is -2.82. The number of nitrogens with zero attached hydrogens (tertiary/aromatic N) is 1. The van der Waals surface area contributed by atoms with Gasteiger partial charge in [0.05, 0.1) is 12.8 Å². The lowest BCUT2D eigenvalue weighted by atomic mass is 10.1. The molecule has 0 atom stereocenters. The fraction of sp³-hybridized carbons (Fsp3) is 0.125. The normalized spacial score (nSPS) is 11.0. The number of rotatable bonds is 4. The molecule has 0 bridgehead atoms. The molecule has 2 rings (SSSR count). The van der Waals surface area contributed by atoms with E-state index in [0.29, 0.717) is 22.6 Å². The maximum atomic E-state index is 11.9. The van der Waals surface area contributed by atoms with Crippen LogP contribution in [0.1, 0.15) is 22.8 Å². The summed E-state index contributed by atoms with van der Waals surface area (Å²) in [5.41, 5.74) is 3.96. The van der Waals surface area contributed by atoms with Crippen molar-refractivity contribution < 1.29 is 14.6 Å². The number of nitrogens with one attached hydrogen (secondary N) is 1. The van der Waals surface area contributed by atoms with E-state index >= 15 is 0 Å². The number of carbonyl (C=O) groups excluding carboxylic acids is 1. The van der Waals surface area contributed by atoms with Gasteiger partial charge < -0.3 is 9.84 Å². The molecule has 0 aliphatic rings. The average Bonchev–Trinajstić information content (AvgIpc) is 2.53. The first-order valence-corrected chi connectivity index (χ1v) is 6.39. The average molecular weight is 284 g/mol. The lowest BCUT2D eigenvalue weighted by molar-refractivity contribution is 0.0955. The van der Waals surface area contributed by atoms with Gasteiger partial charge in [0.15, 0.2) is 11.5 Å². The molecule has 0 radical (unpaired) electrons. The molecule has 5 nitrogen and oxygen atoms in total. The number of phenols is 1. The largest absolute Gasteiger partial charge is 0.504 e. The Labute approximate surface area is 122 Å². The van der Waals surface area contributed by atoms with Crippen molar-refractivity contribution in [1.29, 1.82) is 0 Å². The van der Waals surface area contributed by atoms with Gasteiger partial charge in [-0.2, -0.15) is 5.10 Å². The molecule has 108 valence electrons. The van der Waals surface area contributed by atoms with Gasteiger partial charge in [-0.05, 0) is 31.2 Å². The quantitative estimate of drug-likeness (QED) is 0.669. The van der Waals surface area contributed by atoms with Gasteiger partial charge in [-0.15, -0.1) is 0 Å². The number of benzene rings is 2. The molecule has 0 saturated carbocycles. The third-order valence-electron chi connectivity index (χ3n) is 2.97. The number of para-hydroxylation sites is 1. The number of hydrogen-bond acceptors (Lipinski definition) is 4. The topological polar surface area (TPSA) is 70.9 Å². The first-order valence-electron chi connectivity index (χ1n) is 6.39. The highest BCUT2D eigenvalue weighted by Crippen LogP contribution is 2.29. The highest BCUT2D eigenvalue weighted by molar-refractivity contribution is 6.03. The van der Waals surface area contributed by atoms with Gasteiger partial charge in [-0.3, -0.25) is 4.79 Å². The lowest BCUT2D eigenvalue weighted by Crippen LogP contribution is -2.19. The number of amides is 1. The van der Waals surface area contributed by atoms with E-state index in [4.69, 9.17) is 4.74 Å². The number of ether oxygens (including phenoxy) is 1. The molecule has 0 heterocycles. The molecular weight excluding hydrogens is 268 g/mol. The van der Waals surface area contributed by atoms with Crippen molar-refractivity contribution in [3.05, 3.63) is 59.7 Å². The second kappa shape index (κ2) is 6.56. The third-order valence-corrected chi connectivity index (χ3v) is 2.97. The van der Waals surface area contributed by atoms with E-state index in [2.05, 4.69) is 10.5 Å². The minimum atomic E-state index is -0.308. The number of carbonyl (C=O) groups is 1. The van der Waals surface area contributed by atoms with E-state index in [9.17, 15) is 9.90 Å². The molecule has 0 fully saturated rings. The van der Waals surface area contributed by atoms with Crippen LogP contribution in [0, 0.1) is 0 Å². The van der Waals surface area contributed by atoms with E-state index in [0.717, 1.165) is 0 Å². The van der Waals surface area contributed by atoms with Crippen molar-refractivity contribution in [2.75, 3.05) is 7.11 Å². The minimum Gasteiger partial charge on any atom is -0.504 e. The smallest absolute Gasteiger partial charge is 0.271 e. The van der Waals surface area contributed by atoms with Crippen LogP contribution >= 0.6 is 0 Å². The SMILES string of the molecule is COc1cccc(/C(C)=N/NC(=O)c2ccccc2)c1O. The Balaban J connectivity index is 2.17. The standard InChI is InChI=1S/C16H16N2O3/c1-11(13-9-6-10-14(21-2)15(13)19)17-18-16(20)12-7-4-3-5-8-12/h3-10,19H,1-2H3,(H,18,20)/b17-11+. The van der Waals surface area contributed by atoms with Crippen molar-refractivity contribution in [3.8, 4) is 11.5 Å². The number of hydrazone groups is 1. The molecule has 0 aromatic heterocycles. The Morgan fingerprint density at radius 3 is 2.52 bits per heavy atom. The van der Waals surface area contributed by atoms with Crippen LogP contribution in [0.2, 0.25) is 0 Å². The van der Waals surface area contributed by atoms with Gasteiger partial charge >= 0.3 is 0 Å². The summed E-state index contributed by atoms with van der Waals surface area (Å²) in [6, 6.07) is 13.9. The molecule has 21 heavy (non-hydrogen) atoms. The molecule has 5 heteroatoms. The van der Waals surface area contributed by atoms with Crippen molar-refractivity contribution in [1.82, 2.24) is 5.43 Å². The monoisotopic (exact) mass is 284 g/mol. The highest BCUT2D eigenvalue weighted by Gasteiger charge is 2.10. The lowest BCUT2D eigenvalue weighted by Gasteiger charge is -2.08. The Bertz CT molecular complexity index is 666. The first kappa shape index (κ1) is 14.6. The predicted octanol–water partition coefficient (Wildman–Crippen LogP) is 2.55. The Morgan fingerprint density at radius 2 is 1.86 bits per heavy atom. The third kappa shape index (κ3) is 3.39. The number of aromatic hydroxyl groups is 1. The zero-order chi connectivity index (χ0) is 15.2. The van der Waals surface area contributed by atoms with Crippen LogP contribution in [-0.2, 0) is 0 Å². The molecule has 0 aliphatic carbocycles. The van der Waals surface area contributed by atoms with Gasteiger partial charge in [-0.25, -0.2) is 5.43 Å². The van der Waals surface area contributed by atoms with Crippen LogP contribution in [0.3, 0.4) is 0 Å². The van der Waals surface area contributed by atoms with Gasteiger partial charge in [-0.1, -0.05) is 24.3 Å². The van der Waals surface area contributed by atoms with Gasteiger partial charge in [0, 0.05) is 11.1 Å². The number of hydrogen-bond donors (Lipinski definition) is 2. The molecule has 2 aromatic rings. The zero-order valence-electron chi connectivity index (χ0n) is 11.8. The zero-order valence-corrected chi connectivity index (χ0v) is 11.8. The second-order valence-electron chi connectivity index (χ2n) is 4.36. The van der Waals surface area contributed by atoms with Crippen molar-refractivity contribution >= 4 is 11.6 Å². The molecule has 1 amide bonds. The van der Waals surface area contributed by atoms with Crippen LogP contribution in [0.15, 0.2) is 53.6 Å². The summed E-state index contributed by atoms with van der Waals surface area (Å²) >= 11 is 0. The molecule has 0 unspecified atom stereocenters. The summed E-state index contributed by atoms with van der Waals surface area (Å²) in [4.78, 5) is 11.9. The second-order valence-corrected chi connectivity index (χ2v) is 4.36. The van der Waals surface area contributed by atoms with E-state index in [-0.39, 0.29) is 11.7 Å². The molecule has 0 saturated heterocycles. The van der Waals surface area contributed by atoms with Crippen LogP contribution in [-0.4, -0.2) is 23.8 Å². The summed E-state index contributed by atoms with van der Waals surface area (Å²) in [5, 5.41) is 14.0. The van der Waals surface area contributed by atoms with E-state index in [1.165, 1.54) is 7.11 Å². The van der Waals surface area contributed by atoms with E-state index < -0.39 is 0 Å². The summed E-state index contributed by atoms with van der Waals surface area (Å²) in [6.07, 6.45) is 0. The van der Waals surface area contributed by atoms with Crippen LogP contribution in [0.5, 0.6) is 11.5 Å². The van der Waals surface area contributed by atoms with Gasteiger partial charge in [0.2, 0.25) is 0 Å². The summed E-state index contributed by atoms with van der Waals surface area (Å²) in [5.74, 6) is 0.0454. The van der Waals surface area contributed by atoms with Crippen LogP contribution in [0.25, 0.3) is 0 Å². The fourth-order valence-electron chi connectivity index (χ4n) is 1.83. The summed E-state index contributed by atoms with van der Waals surface area (Å²) in [7, 11) is 1.47. The molecule has 2 N–H and O–H groups in total. The van der Waals surface area contributed by atoms with Crippen molar-refractivity contribution in [3.63, 3.8) is 0 Å². The van der Waals surface area contributed by atoms with Gasteiger partial charge in [0.25, 0.3) is 5.91 Å². The highest BCUT2D eigenvalue weighted by atomic mass is 16.5. The number of methoxy groups -OCH3 is 1. The maximum absolute atomic E-state index is 11.9. The Kier molecular flexibility index (Phi) is 4.56. The maximum Gasteiger partial charge on any atom is 0.271 e. The summed E-state index contributed by atoms with van der Waals surface area (Å²) < 4.78 is 5.04. The molecule has 0 spiro atoms. The van der Waals surface area contributed by atoms with Crippen molar-refractivity contribution in [2.24, 2.45) is 5.10 Å². The van der Waals surface area contributed by atoms with Crippen LogP contribution in [0.4, 0.5) is 0 Å². The summed E-state index contributed by atoms with van der Waals surface area (Å²) in [6.45, 7) is 1.69. The number of phenolic OH excluding ortho intramolecular Hbond substituents is 1. The molecule has 2 aromatic carbocycles. The molecule has 0 aliphatic heterocycles. The van der Waals surface area contributed by atoms with E-state index in [1.807, 2.05) is 6.07 Å². The van der Waals surface area contributed by atoms with Gasteiger partial charge in [0.1, 0.15) is 0 Å². The van der Waals surface area contributed by atoms with E-state index in [1.54, 1.807) is 49.4 Å². The van der Waals surface area contributed by atoms with Crippen LogP contribution < -0.4 is 10.2 Å². The fourth-order valence-corrected chi connectivity index (χ4v) is 1.83.